The van der Waals surface area contributed by atoms with Crippen LogP contribution in [0.4, 0.5) is 18.9 Å². The van der Waals surface area contributed by atoms with Crippen molar-refractivity contribution in [2.75, 3.05) is 32.6 Å². The average Bonchev–Trinajstić information content (AvgIpc) is 2.52. The first-order valence-electron chi connectivity index (χ1n) is 7.05. The molecule has 0 aliphatic rings. The standard InChI is InChI=1S/C15H19F3N2O4.ClH/c1-9(7-19-2)13(21)20-11-5-4-10(14(22)23-3)6-12(11)24-8-15(16,17)18;/h4-6,9,19H,7-8H2,1-3H3,(H,20,21);1H. The molecule has 10 heteroatoms. The Morgan fingerprint density at radius 3 is 2.44 bits per heavy atom. The summed E-state index contributed by atoms with van der Waals surface area (Å²) < 4.78 is 46.4. The van der Waals surface area contributed by atoms with Crippen LogP contribution in [0.15, 0.2) is 18.2 Å². The van der Waals surface area contributed by atoms with Gasteiger partial charge >= 0.3 is 12.1 Å². The molecule has 1 unspecified atom stereocenters. The number of carbonyl (C=O) groups is 2. The van der Waals surface area contributed by atoms with Gasteiger partial charge in [0.15, 0.2) is 6.61 Å². The minimum atomic E-state index is -4.55. The molecular weight excluding hydrogens is 365 g/mol. The fourth-order valence-electron chi connectivity index (χ4n) is 1.80. The molecule has 6 nitrogen and oxygen atoms in total. The SMILES string of the molecule is CNCC(C)C(=O)Nc1ccc(C(=O)OC)cc1OCC(F)(F)F.Cl. The number of hydrogen-bond donors (Lipinski definition) is 2. The van der Waals surface area contributed by atoms with Gasteiger partial charge < -0.3 is 20.1 Å². The van der Waals surface area contributed by atoms with E-state index in [2.05, 4.69) is 15.4 Å². The second-order valence-corrected chi connectivity index (χ2v) is 5.05. The van der Waals surface area contributed by atoms with E-state index >= 15 is 0 Å². The smallest absolute Gasteiger partial charge is 0.422 e. The number of alkyl halides is 3. The lowest BCUT2D eigenvalue weighted by atomic mass is 10.1. The monoisotopic (exact) mass is 384 g/mol. The highest BCUT2D eigenvalue weighted by Crippen LogP contribution is 2.28. The molecule has 0 heterocycles. The maximum atomic E-state index is 12.4. The first kappa shape index (κ1) is 23.0. The van der Waals surface area contributed by atoms with Crippen molar-refractivity contribution in [3.8, 4) is 5.75 Å². The first-order chi connectivity index (χ1) is 11.2. The van der Waals surface area contributed by atoms with Crippen LogP contribution in [0.3, 0.4) is 0 Å². The number of methoxy groups -OCH3 is 1. The Balaban J connectivity index is 0.00000576. The van der Waals surface area contributed by atoms with Crippen molar-refractivity contribution in [3.63, 3.8) is 0 Å². The van der Waals surface area contributed by atoms with Gasteiger partial charge in [-0.2, -0.15) is 13.2 Å². The predicted molar refractivity (Wildman–Crippen MR) is 88.3 cm³/mol. The summed E-state index contributed by atoms with van der Waals surface area (Å²) in [7, 11) is 2.82. The van der Waals surface area contributed by atoms with Crippen LogP contribution in [0.2, 0.25) is 0 Å². The molecule has 142 valence electrons. The van der Waals surface area contributed by atoms with Crippen molar-refractivity contribution in [1.82, 2.24) is 5.32 Å². The van der Waals surface area contributed by atoms with Crippen molar-refractivity contribution >= 4 is 30.0 Å². The van der Waals surface area contributed by atoms with Gasteiger partial charge in [0.2, 0.25) is 5.91 Å². The summed E-state index contributed by atoms with van der Waals surface area (Å²) in [6.07, 6.45) is -4.55. The van der Waals surface area contributed by atoms with E-state index in [1.165, 1.54) is 12.1 Å². The molecule has 1 atom stereocenters. The lowest BCUT2D eigenvalue weighted by Crippen LogP contribution is -2.29. The lowest BCUT2D eigenvalue weighted by Gasteiger charge is -2.17. The highest BCUT2D eigenvalue weighted by molar-refractivity contribution is 5.96. The van der Waals surface area contributed by atoms with Crippen molar-refractivity contribution in [1.29, 1.82) is 0 Å². The van der Waals surface area contributed by atoms with E-state index in [0.717, 1.165) is 13.2 Å². The number of benzene rings is 1. The summed E-state index contributed by atoms with van der Waals surface area (Å²) in [6.45, 7) is 0.502. The van der Waals surface area contributed by atoms with Crippen LogP contribution in [0.5, 0.6) is 5.75 Å². The average molecular weight is 385 g/mol. The number of nitrogens with one attached hydrogen (secondary N) is 2. The van der Waals surface area contributed by atoms with Crippen LogP contribution in [0.1, 0.15) is 17.3 Å². The van der Waals surface area contributed by atoms with Crippen LogP contribution in [0.25, 0.3) is 0 Å². The number of rotatable bonds is 7. The molecule has 2 N–H and O–H groups in total. The van der Waals surface area contributed by atoms with E-state index in [4.69, 9.17) is 4.74 Å². The molecule has 1 aromatic rings. The minimum absolute atomic E-state index is 0. The molecule has 0 aromatic heterocycles. The molecule has 1 rings (SSSR count). The fraction of sp³-hybridized carbons (Fsp3) is 0.467. The molecule has 0 bridgehead atoms. The van der Waals surface area contributed by atoms with E-state index in [1.807, 2.05) is 0 Å². The number of anilines is 1. The predicted octanol–water partition coefficient (Wildman–Crippen LogP) is 2.63. The molecule has 0 aliphatic carbocycles. The van der Waals surface area contributed by atoms with E-state index in [0.29, 0.717) is 6.54 Å². The van der Waals surface area contributed by atoms with Crippen molar-refractivity contribution in [3.05, 3.63) is 23.8 Å². The third-order valence-electron chi connectivity index (χ3n) is 3.01. The van der Waals surface area contributed by atoms with Crippen LogP contribution >= 0.6 is 12.4 Å². The molecular formula is C15H20ClF3N2O4. The molecule has 25 heavy (non-hydrogen) atoms. The largest absolute Gasteiger partial charge is 0.482 e. The normalized spacial score (nSPS) is 11.9. The zero-order chi connectivity index (χ0) is 18.3. The Labute approximate surface area is 149 Å². The zero-order valence-electron chi connectivity index (χ0n) is 13.9. The minimum Gasteiger partial charge on any atom is -0.482 e. The quantitative estimate of drug-likeness (QED) is 0.707. The van der Waals surface area contributed by atoms with Gasteiger partial charge in [-0.25, -0.2) is 4.79 Å². The molecule has 0 aliphatic heterocycles. The maximum absolute atomic E-state index is 12.4. The van der Waals surface area contributed by atoms with Crippen LogP contribution in [-0.2, 0) is 9.53 Å². The van der Waals surface area contributed by atoms with Gasteiger partial charge in [-0.15, -0.1) is 12.4 Å². The highest BCUT2D eigenvalue weighted by Gasteiger charge is 2.29. The third-order valence-corrected chi connectivity index (χ3v) is 3.01. The summed E-state index contributed by atoms with van der Waals surface area (Å²) in [4.78, 5) is 23.5. The molecule has 0 radical (unpaired) electrons. The highest BCUT2D eigenvalue weighted by atomic mass is 35.5. The van der Waals surface area contributed by atoms with Crippen LogP contribution in [-0.4, -0.2) is 45.4 Å². The van der Waals surface area contributed by atoms with Crippen LogP contribution < -0.4 is 15.4 Å². The number of carbonyl (C=O) groups excluding carboxylic acids is 2. The molecule has 1 amide bonds. The number of amides is 1. The number of esters is 1. The van der Waals surface area contributed by atoms with Crippen molar-refractivity contribution in [2.24, 2.45) is 5.92 Å². The molecule has 0 fully saturated rings. The Hall–Kier alpha value is -2.00. The van der Waals surface area contributed by atoms with Crippen molar-refractivity contribution in [2.45, 2.75) is 13.1 Å². The van der Waals surface area contributed by atoms with Crippen LogP contribution in [0, 0.1) is 5.92 Å². The van der Waals surface area contributed by atoms with Gasteiger partial charge in [-0.1, -0.05) is 6.92 Å². The topological polar surface area (TPSA) is 76.7 Å². The van der Waals surface area contributed by atoms with Crippen molar-refractivity contribution < 1.29 is 32.2 Å². The second-order valence-electron chi connectivity index (χ2n) is 5.05. The summed E-state index contributed by atoms with van der Waals surface area (Å²) in [5.41, 5.74) is 0.0517. The van der Waals surface area contributed by atoms with E-state index in [-0.39, 0.29) is 29.4 Å². The maximum Gasteiger partial charge on any atom is 0.422 e. The Morgan fingerprint density at radius 2 is 1.92 bits per heavy atom. The fourth-order valence-corrected chi connectivity index (χ4v) is 1.80. The Kier molecular flexibility index (Phi) is 9.29. The second kappa shape index (κ2) is 10.1. The molecule has 0 saturated carbocycles. The Bertz CT molecular complexity index is 597. The molecule has 0 saturated heterocycles. The van der Waals surface area contributed by atoms with Gasteiger partial charge in [-0.3, -0.25) is 4.79 Å². The van der Waals surface area contributed by atoms with Gasteiger partial charge in [0.1, 0.15) is 5.75 Å². The summed E-state index contributed by atoms with van der Waals surface area (Å²) in [5, 5.41) is 5.32. The van der Waals surface area contributed by atoms with Gasteiger partial charge in [0, 0.05) is 12.5 Å². The summed E-state index contributed by atoms with van der Waals surface area (Å²) in [5.74, 6) is -1.80. The molecule has 0 spiro atoms. The summed E-state index contributed by atoms with van der Waals surface area (Å²) >= 11 is 0. The first-order valence-corrected chi connectivity index (χ1v) is 7.05. The van der Waals surface area contributed by atoms with E-state index in [1.54, 1.807) is 14.0 Å². The third kappa shape index (κ3) is 7.61. The van der Waals surface area contributed by atoms with E-state index < -0.39 is 30.6 Å². The number of halogens is 4. The van der Waals surface area contributed by atoms with Gasteiger partial charge in [0.05, 0.1) is 18.4 Å². The Morgan fingerprint density at radius 1 is 1.28 bits per heavy atom. The molecule has 1 aromatic carbocycles. The van der Waals surface area contributed by atoms with Gasteiger partial charge in [-0.05, 0) is 25.2 Å². The zero-order valence-corrected chi connectivity index (χ0v) is 14.7. The number of hydrogen-bond acceptors (Lipinski definition) is 5. The summed E-state index contributed by atoms with van der Waals surface area (Å²) in [6, 6.07) is 3.71. The lowest BCUT2D eigenvalue weighted by molar-refractivity contribution is -0.153. The van der Waals surface area contributed by atoms with E-state index in [9.17, 15) is 22.8 Å². The van der Waals surface area contributed by atoms with Gasteiger partial charge in [0.25, 0.3) is 0 Å². The number of ether oxygens (including phenoxy) is 2.